The van der Waals surface area contributed by atoms with Gasteiger partial charge in [0.25, 0.3) is 0 Å². The molecule has 0 aromatic carbocycles. The van der Waals surface area contributed by atoms with Crippen molar-refractivity contribution in [3.63, 3.8) is 0 Å². The highest BCUT2D eigenvalue weighted by molar-refractivity contribution is 9.10. The molecule has 0 N–H and O–H groups in total. The van der Waals surface area contributed by atoms with Crippen LogP contribution in [0.5, 0.6) is 0 Å². The van der Waals surface area contributed by atoms with Crippen molar-refractivity contribution in [2.45, 2.75) is 39.8 Å². The molecule has 0 saturated heterocycles. The van der Waals surface area contributed by atoms with Crippen molar-refractivity contribution < 1.29 is 0 Å². The predicted octanol–water partition coefficient (Wildman–Crippen LogP) is 3.71. The van der Waals surface area contributed by atoms with Gasteiger partial charge in [-0.15, -0.1) is 0 Å². The van der Waals surface area contributed by atoms with E-state index in [9.17, 15) is 0 Å². The van der Waals surface area contributed by atoms with Crippen molar-refractivity contribution >= 4 is 15.9 Å². The lowest BCUT2D eigenvalue weighted by atomic mass is 10.0. The molecule has 1 rings (SSSR count). The van der Waals surface area contributed by atoms with Crippen LogP contribution in [-0.2, 0) is 6.54 Å². The Bertz CT molecular complexity index is 325. The molecule has 0 spiro atoms. The second kappa shape index (κ2) is 6.36. The van der Waals surface area contributed by atoms with E-state index >= 15 is 0 Å². The molecule has 1 unspecified atom stereocenters. The van der Waals surface area contributed by atoms with Crippen LogP contribution in [0.15, 0.2) is 22.9 Å². The van der Waals surface area contributed by atoms with Gasteiger partial charge in [0, 0.05) is 29.5 Å². The highest BCUT2D eigenvalue weighted by Crippen LogP contribution is 2.15. The number of halogens is 1. The standard InChI is InChI=1S/C13H21BrN2/c1-10(2)5-11(3)16(4)9-12-6-13(14)8-15-7-12/h6-8,10-11H,5,9H2,1-4H3. The smallest absolute Gasteiger partial charge is 0.0410 e. The number of pyridine rings is 1. The summed E-state index contributed by atoms with van der Waals surface area (Å²) in [5.74, 6) is 0.748. The van der Waals surface area contributed by atoms with Crippen LogP contribution in [0.25, 0.3) is 0 Å². The Morgan fingerprint density at radius 3 is 2.56 bits per heavy atom. The van der Waals surface area contributed by atoms with Crippen LogP contribution >= 0.6 is 15.9 Å². The summed E-state index contributed by atoms with van der Waals surface area (Å²) in [6.07, 6.45) is 4.99. The minimum atomic E-state index is 0.610. The minimum absolute atomic E-state index is 0.610. The van der Waals surface area contributed by atoms with Crippen LogP contribution in [0, 0.1) is 5.92 Å². The maximum absolute atomic E-state index is 4.18. The van der Waals surface area contributed by atoms with Gasteiger partial charge in [-0.2, -0.15) is 0 Å². The molecular weight excluding hydrogens is 264 g/mol. The largest absolute Gasteiger partial charge is 0.299 e. The molecule has 0 aliphatic heterocycles. The van der Waals surface area contributed by atoms with Crippen LogP contribution in [0.2, 0.25) is 0 Å². The first-order chi connectivity index (χ1) is 7.49. The fourth-order valence-corrected chi connectivity index (χ4v) is 2.26. The Labute approximate surface area is 107 Å². The maximum Gasteiger partial charge on any atom is 0.0410 e. The average molecular weight is 285 g/mol. The van der Waals surface area contributed by atoms with Gasteiger partial charge < -0.3 is 0 Å². The summed E-state index contributed by atoms with van der Waals surface area (Å²) in [5.41, 5.74) is 1.26. The summed E-state index contributed by atoms with van der Waals surface area (Å²) in [7, 11) is 2.17. The van der Waals surface area contributed by atoms with E-state index in [0.29, 0.717) is 6.04 Å². The second-order valence-corrected chi connectivity index (χ2v) is 5.82. The van der Waals surface area contributed by atoms with Crippen molar-refractivity contribution in [1.29, 1.82) is 0 Å². The lowest BCUT2D eigenvalue weighted by molar-refractivity contribution is 0.220. The Kier molecular flexibility index (Phi) is 5.42. The predicted molar refractivity (Wildman–Crippen MR) is 72.3 cm³/mol. The first-order valence-corrected chi connectivity index (χ1v) is 6.58. The molecule has 1 heterocycles. The van der Waals surface area contributed by atoms with E-state index in [0.717, 1.165) is 16.9 Å². The van der Waals surface area contributed by atoms with Crippen LogP contribution in [-0.4, -0.2) is 23.0 Å². The highest BCUT2D eigenvalue weighted by Gasteiger charge is 2.11. The molecule has 0 radical (unpaired) electrons. The van der Waals surface area contributed by atoms with Crippen molar-refractivity contribution in [2.24, 2.45) is 5.92 Å². The van der Waals surface area contributed by atoms with E-state index in [-0.39, 0.29) is 0 Å². The van der Waals surface area contributed by atoms with Crippen molar-refractivity contribution in [3.8, 4) is 0 Å². The SMILES string of the molecule is CC(C)CC(C)N(C)Cc1cncc(Br)c1. The van der Waals surface area contributed by atoms with Gasteiger partial charge in [0.15, 0.2) is 0 Å². The zero-order valence-corrected chi connectivity index (χ0v) is 12.2. The van der Waals surface area contributed by atoms with Gasteiger partial charge in [0.05, 0.1) is 0 Å². The highest BCUT2D eigenvalue weighted by atomic mass is 79.9. The zero-order chi connectivity index (χ0) is 12.1. The number of hydrogen-bond donors (Lipinski definition) is 0. The van der Waals surface area contributed by atoms with Gasteiger partial charge in [-0.05, 0) is 53.9 Å². The maximum atomic E-state index is 4.18. The van der Waals surface area contributed by atoms with Gasteiger partial charge in [-0.3, -0.25) is 9.88 Å². The molecule has 0 amide bonds. The van der Waals surface area contributed by atoms with Crippen LogP contribution in [0.4, 0.5) is 0 Å². The minimum Gasteiger partial charge on any atom is -0.299 e. The van der Waals surface area contributed by atoms with Gasteiger partial charge in [-0.25, -0.2) is 0 Å². The zero-order valence-electron chi connectivity index (χ0n) is 10.6. The molecule has 1 aromatic rings. The quantitative estimate of drug-likeness (QED) is 0.820. The van der Waals surface area contributed by atoms with Crippen molar-refractivity contribution in [2.75, 3.05) is 7.05 Å². The first kappa shape index (κ1) is 13.7. The van der Waals surface area contributed by atoms with E-state index in [2.05, 4.69) is 59.7 Å². The molecule has 3 heteroatoms. The average Bonchev–Trinajstić information content (AvgIpc) is 2.16. The molecule has 0 aliphatic carbocycles. The number of nitrogens with zero attached hydrogens (tertiary/aromatic N) is 2. The molecule has 1 aromatic heterocycles. The Balaban J connectivity index is 2.53. The van der Waals surface area contributed by atoms with Gasteiger partial charge in [0.2, 0.25) is 0 Å². The van der Waals surface area contributed by atoms with E-state index < -0.39 is 0 Å². The van der Waals surface area contributed by atoms with E-state index in [4.69, 9.17) is 0 Å². The Hall–Kier alpha value is -0.410. The molecule has 0 bridgehead atoms. The lowest BCUT2D eigenvalue weighted by Gasteiger charge is -2.26. The normalized spacial score (nSPS) is 13.4. The third kappa shape index (κ3) is 4.62. The van der Waals surface area contributed by atoms with Gasteiger partial charge in [0.1, 0.15) is 0 Å². The van der Waals surface area contributed by atoms with Crippen LogP contribution < -0.4 is 0 Å². The van der Waals surface area contributed by atoms with E-state index in [1.807, 2.05) is 12.4 Å². The fraction of sp³-hybridized carbons (Fsp3) is 0.615. The van der Waals surface area contributed by atoms with Crippen molar-refractivity contribution in [1.82, 2.24) is 9.88 Å². The lowest BCUT2D eigenvalue weighted by Crippen LogP contribution is -2.29. The molecule has 2 nitrogen and oxygen atoms in total. The molecule has 16 heavy (non-hydrogen) atoms. The molecule has 90 valence electrons. The molecule has 1 atom stereocenters. The molecule has 0 aliphatic rings. The third-order valence-corrected chi connectivity index (χ3v) is 3.19. The molecule has 0 saturated carbocycles. The van der Waals surface area contributed by atoms with Crippen molar-refractivity contribution in [3.05, 3.63) is 28.5 Å². The summed E-state index contributed by atoms with van der Waals surface area (Å²) < 4.78 is 1.05. The summed E-state index contributed by atoms with van der Waals surface area (Å²) >= 11 is 3.45. The number of aromatic nitrogens is 1. The van der Waals surface area contributed by atoms with E-state index in [1.165, 1.54) is 12.0 Å². The van der Waals surface area contributed by atoms with Gasteiger partial charge >= 0.3 is 0 Å². The summed E-state index contributed by atoms with van der Waals surface area (Å²) in [5, 5.41) is 0. The topological polar surface area (TPSA) is 16.1 Å². The van der Waals surface area contributed by atoms with E-state index in [1.54, 1.807) is 0 Å². The summed E-state index contributed by atoms with van der Waals surface area (Å²) in [4.78, 5) is 6.56. The monoisotopic (exact) mass is 284 g/mol. The van der Waals surface area contributed by atoms with Crippen LogP contribution in [0.3, 0.4) is 0 Å². The Morgan fingerprint density at radius 1 is 1.31 bits per heavy atom. The fourth-order valence-electron chi connectivity index (χ4n) is 1.85. The number of rotatable bonds is 5. The second-order valence-electron chi connectivity index (χ2n) is 4.91. The summed E-state index contributed by atoms with van der Waals surface area (Å²) in [6.45, 7) is 7.78. The summed E-state index contributed by atoms with van der Waals surface area (Å²) in [6, 6.07) is 2.74. The third-order valence-electron chi connectivity index (χ3n) is 2.76. The first-order valence-electron chi connectivity index (χ1n) is 5.78. The van der Waals surface area contributed by atoms with Crippen LogP contribution in [0.1, 0.15) is 32.8 Å². The number of hydrogen-bond acceptors (Lipinski definition) is 2. The molecule has 0 fully saturated rings. The van der Waals surface area contributed by atoms with Gasteiger partial charge in [-0.1, -0.05) is 13.8 Å². The Morgan fingerprint density at radius 2 is 2.00 bits per heavy atom. The molecular formula is C13H21BrN2.